The van der Waals surface area contributed by atoms with E-state index in [9.17, 15) is 9.59 Å². The Bertz CT molecular complexity index is 785. The van der Waals surface area contributed by atoms with Crippen LogP contribution in [0.4, 0.5) is 5.69 Å². The fourth-order valence-corrected chi connectivity index (χ4v) is 3.18. The lowest BCUT2D eigenvalue weighted by atomic mass is 10.2. The van der Waals surface area contributed by atoms with E-state index in [1.165, 1.54) is 10.5 Å². The van der Waals surface area contributed by atoms with Crippen molar-refractivity contribution in [1.29, 1.82) is 5.26 Å². The normalized spacial score (nSPS) is 10.1. The first-order valence-corrected chi connectivity index (χ1v) is 9.66. The number of thioether (sulfide) groups is 1. The van der Waals surface area contributed by atoms with Crippen LogP contribution in [0.15, 0.2) is 59.5 Å². The van der Waals surface area contributed by atoms with Crippen molar-refractivity contribution in [3.8, 4) is 6.07 Å². The van der Waals surface area contributed by atoms with Crippen LogP contribution in [0.5, 0.6) is 0 Å². The zero-order valence-corrected chi connectivity index (χ0v) is 16.1. The second-order valence-electron chi connectivity index (χ2n) is 5.86. The van der Waals surface area contributed by atoms with E-state index < -0.39 is 5.97 Å². The topological polar surface area (TPSA) is 70.4 Å². The molecule has 0 heterocycles. The highest BCUT2D eigenvalue weighted by Crippen LogP contribution is 2.19. The number of aryl methyl sites for hydroxylation is 1. The van der Waals surface area contributed by atoms with Gasteiger partial charge in [-0.25, -0.2) is 0 Å². The van der Waals surface area contributed by atoms with Crippen molar-refractivity contribution >= 4 is 29.3 Å². The molecule has 0 unspecified atom stereocenters. The number of nitriles is 1. The molecule has 0 N–H and O–H groups in total. The maximum absolute atomic E-state index is 12.4. The van der Waals surface area contributed by atoms with Crippen molar-refractivity contribution in [3.63, 3.8) is 0 Å². The fourth-order valence-electron chi connectivity index (χ4n) is 2.35. The van der Waals surface area contributed by atoms with E-state index in [4.69, 9.17) is 10.00 Å². The van der Waals surface area contributed by atoms with Crippen LogP contribution in [-0.2, 0) is 14.3 Å². The monoisotopic (exact) mass is 382 g/mol. The van der Waals surface area contributed by atoms with Crippen LogP contribution >= 0.6 is 11.8 Å². The Labute approximate surface area is 163 Å². The lowest BCUT2D eigenvalue weighted by Crippen LogP contribution is -2.35. The molecule has 5 nitrogen and oxygen atoms in total. The zero-order chi connectivity index (χ0) is 19.5. The molecular formula is C21H22N2O3S. The van der Waals surface area contributed by atoms with E-state index >= 15 is 0 Å². The van der Waals surface area contributed by atoms with Gasteiger partial charge in [-0.1, -0.05) is 35.9 Å². The molecule has 0 aliphatic rings. The number of ether oxygens (including phenoxy) is 1. The molecule has 0 spiro atoms. The van der Waals surface area contributed by atoms with Crippen LogP contribution in [-0.4, -0.2) is 30.8 Å². The maximum Gasteiger partial charge on any atom is 0.307 e. The van der Waals surface area contributed by atoms with Gasteiger partial charge in [0.1, 0.15) is 0 Å². The number of para-hydroxylation sites is 1. The molecule has 1 amide bonds. The molecule has 6 heteroatoms. The number of esters is 1. The third-order valence-electron chi connectivity index (χ3n) is 3.77. The summed E-state index contributed by atoms with van der Waals surface area (Å²) in [6.07, 6.45) is 0.442. The number of carbonyl (C=O) groups excluding carboxylic acids is 2. The molecule has 0 saturated carbocycles. The van der Waals surface area contributed by atoms with Gasteiger partial charge in [0.2, 0.25) is 0 Å². The first-order valence-electron chi connectivity index (χ1n) is 8.67. The number of amides is 1. The Hall–Kier alpha value is -2.78. The first-order chi connectivity index (χ1) is 13.1. The molecule has 0 aliphatic heterocycles. The first kappa shape index (κ1) is 20.5. The van der Waals surface area contributed by atoms with Crippen molar-refractivity contribution in [2.24, 2.45) is 0 Å². The number of rotatable bonds is 9. The summed E-state index contributed by atoms with van der Waals surface area (Å²) in [5.74, 6) is -0.153. The van der Waals surface area contributed by atoms with Gasteiger partial charge in [0.05, 0.1) is 18.9 Å². The predicted molar refractivity (Wildman–Crippen MR) is 107 cm³/mol. The Morgan fingerprint density at radius 3 is 2.48 bits per heavy atom. The van der Waals surface area contributed by atoms with Crippen molar-refractivity contribution in [1.82, 2.24) is 0 Å². The molecule has 0 radical (unpaired) electrons. The summed E-state index contributed by atoms with van der Waals surface area (Å²) >= 11 is 1.57. The van der Waals surface area contributed by atoms with Gasteiger partial charge in [0, 0.05) is 22.9 Å². The molecule has 2 aromatic carbocycles. The zero-order valence-electron chi connectivity index (χ0n) is 15.3. The molecule has 2 aromatic rings. The maximum atomic E-state index is 12.4. The summed E-state index contributed by atoms with van der Waals surface area (Å²) in [5, 5.41) is 8.79. The lowest BCUT2D eigenvalue weighted by Gasteiger charge is -2.21. The standard InChI is InChI=1S/C21H22N2O3S/c1-17-8-10-19(11-9-17)27-15-12-21(25)26-16-20(24)23(14-5-13-22)18-6-3-2-4-7-18/h2-4,6-11H,5,12,14-16H2,1H3. The Balaban J connectivity index is 1.78. The number of nitrogens with zero attached hydrogens (tertiary/aromatic N) is 2. The quantitative estimate of drug-likeness (QED) is 0.485. The molecular weight excluding hydrogens is 360 g/mol. The summed E-state index contributed by atoms with van der Waals surface area (Å²) < 4.78 is 5.12. The van der Waals surface area contributed by atoms with Gasteiger partial charge in [-0.15, -0.1) is 11.8 Å². The van der Waals surface area contributed by atoms with E-state index in [0.717, 1.165) is 4.90 Å². The van der Waals surface area contributed by atoms with Crippen molar-refractivity contribution < 1.29 is 14.3 Å². The minimum atomic E-state index is -0.406. The van der Waals surface area contributed by atoms with Crippen molar-refractivity contribution in [3.05, 3.63) is 60.2 Å². The lowest BCUT2D eigenvalue weighted by molar-refractivity contribution is -0.147. The Morgan fingerprint density at radius 1 is 1.11 bits per heavy atom. The second-order valence-corrected chi connectivity index (χ2v) is 7.03. The van der Waals surface area contributed by atoms with Crippen LogP contribution in [0, 0.1) is 18.3 Å². The number of hydrogen-bond acceptors (Lipinski definition) is 5. The molecule has 0 fully saturated rings. The van der Waals surface area contributed by atoms with Gasteiger partial charge >= 0.3 is 5.97 Å². The van der Waals surface area contributed by atoms with Gasteiger partial charge in [-0.3, -0.25) is 9.59 Å². The largest absolute Gasteiger partial charge is 0.456 e. The molecule has 0 atom stereocenters. The molecule has 0 bridgehead atoms. The van der Waals surface area contributed by atoms with Crippen LogP contribution in [0.1, 0.15) is 18.4 Å². The van der Waals surface area contributed by atoms with E-state index in [1.54, 1.807) is 23.9 Å². The molecule has 2 rings (SSSR count). The van der Waals surface area contributed by atoms with Gasteiger partial charge < -0.3 is 9.64 Å². The van der Waals surface area contributed by atoms with Crippen molar-refractivity contribution in [2.75, 3.05) is 23.8 Å². The molecule has 140 valence electrons. The fraction of sp³-hybridized carbons (Fsp3) is 0.286. The summed E-state index contributed by atoms with van der Waals surface area (Å²) in [7, 11) is 0. The predicted octanol–water partition coefficient (Wildman–Crippen LogP) is 3.97. The summed E-state index contributed by atoms with van der Waals surface area (Å²) in [6.45, 7) is 1.96. The van der Waals surface area contributed by atoms with Crippen LogP contribution in [0.2, 0.25) is 0 Å². The summed E-state index contributed by atoms with van der Waals surface area (Å²) in [5.41, 5.74) is 1.88. The number of carbonyl (C=O) groups is 2. The second kappa shape index (κ2) is 11.0. The molecule has 0 aromatic heterocycles. The number of hydrogen-bond donors (Lipinski definition) is 0. The van der Waals surface area contributed by atoms with E-state index in [2.05, 4.69) is 0 Å². The summed E-state index contributed by atoms with van der Waals surface area (Å²) in [4.78, 5) is 26.9. The van der Waals surface area contributed by atoms with Gasteiger partial charge in [0.25, 0.3) is 5.91 Å². The van der Waals surface area contributed by atoms with Crippen LogP contribution in [0.3, 0.4) is 0 Å². The number of benzene rings is 2. The average Bonchev–Trinajstić information content (AvgIpc) is 2.69. The van der Waals surface area contributed by atoms with Gasteiger partial charge in [-0.05, 0) is 31.2 Å². The van der Waals surface area contributed by atoms with E-state index in [1.807, 2.05) is 55.5 Å². The molecule has 27 heavy (non-hydrogen) atoms. The van der Waals surface area contributed by atoms with E-state index in [-0.39, 0.29) is 31.9 Å². The Morgan fingerprint density at radius 2 is 1.81 bits per heavy atom. The highest BCUT2D eigenvalue weighted by atomic mass is 32.2. The van der Waals surface area contributed by atoms with Crippen LogP contribution in [0.25, 0.3) is 0 Å². The Kier molecular flexibility index (Phi) is 8.40. The van der Waals surface area contributed by atoms with E-state index in [0.29, 0.717) is 11.4 Å². The highest BCUT2D eigenvalue weighted by Gasteiger charge is 2.17. The summed E-state index contributed by atoms with van der Waals surface area (Å²) in [6, 6.07) is 19.2. The smallest absolute Gasteiger partial charge is 0.307 e. The van der Waals surface area contributed by atoms with Gasteiger partial charge in [0.15, 0.2) is 6.61 Å². The third-order valence-corrected chi connectivity index (χ3v) is 4.78. The van der Waals surface area contributed by atoms with Crippen molar-refractivity contribution in [2.45, 2.75) is 24.7 Å². The third kappa shape index (κ3) is 7.16. The van der Waals surface area contributed by atoms with Gasteiger partial charge in [-0.2, -0.15) is 5.26 Å². The minimum Gasteiger partial charge on any atom is -0.456 e. The minimum absolute atomic E-state index is 0.210. The van der Waals surface area contributed by atoms with Crippen LogP contribution < -0.4 is 4.90 Å². The SMILES string of the molecule is Cc1ccc(SCCC(=O)OCC(=O)N(CCC#N)c2ccccc2)cc1. The average molecular weight is 382 g/mol. The number of anilines is 1. The molecule has 0 saturated heterocycles. The molecule has 0 aliphatic carbocycles. The highest BCUT2D eigenvalue weighted by molar-refractivity contribution is 7.99.